The third kappa shape index (κ3) is 3.68. The van der Waals surface area contributed by atoms with Crippen molar-refractivity contribution >= 4 is 33.5 Å². The minimum Gasteiger partial charge on any atom is -0.473 e. The summed E-state index contributed by atoms with van der Waals surface area (Å²) >= 11 is 1.39. The molecule has 150 valence electrons. The van der Waals surface area contributed by atoms with Crippen molar-refractivity contribution in [2.24, 2.45) is 7.05 Å². The van der Waals surface area contributed by atoms with Gasteiger partial charge in [-0.25, -0.2) is 4.98 Å². The van der Waals surface area contributed by atoms with E-state index in [-0.39, 0.29) is 6.10 Å². The van der Waals surface area contributed by atoms with Gasteiger partial charge in [0.1, 0.15) is 16.6 Å². The van der Waals surface area contributed by atoms with Crippen molar-refractivity contribution in [2.75, 3.05) is 18.4 Å². The zero-order valence-electron chi connectivity index (χ0n) is 16.3. The second kappa shape index (κ2) is 7.45. The molecule has 1 aliphatic rings. The third-order valence-corrected chi connectivity index (χ3v) is 5.69. The van der Waals surface area contributed by atoms with Crippen LogP contribution in [0, 0.1) is 6.92 Å². The number of fused-ring (bicyclic) bond motifs is 1. The molecule has 0 bridgehead atoms. The predicted octanol–water partition coefficient (Wildman–Crippen LogP) is 2.79. The normalized spacial score (nSPS) is 15.1. The summed E-state index contributed by atoms with van der Waals surface area (Å²) in [4.78, 5) is 9.43. The minimum absolute atomic E-state index is 0.130. The number of anilines is 2. The maximum absolute atomic E-state index is 6.39. The fourth-order valence-electron chi connectivity index (χ4n) is 3.50. The van der Waals surface area contributed by atoms with E-state index in [4.69, 9.17) is 14.7 Å². The summed E-state index contributed by atoms with van der Waals surface area (Å²) in [6.07, 6.45) is 7.79. The molecule has 0 radical (unpaired) electrons. The van der Waals surface area contributed by atoms with E-state index in [1.165, 1.54) is 11.5 Å². The van der Waals surface area contributed by atoms with E-state index in [2.05, 4.69) is 20.1 Å². The van der Waals surface area contributed by atoms with Gasteiger partial charge in [0.2, 0.25) is 11.8 Å². The maximum atomic E-state index is 6.39. The van der Waals surface area contributed by atoms with Crippen molar-refractivity contribution in [1.82, 2.24) is 34.0 Å². The fraction of sp³-hybridized carbons (Fsp3) is 0.368. The lowest BCUT2D eigenvalue weighted by atomic mass is 10.1. The Morgan fingerprint density at radius 3 is 2.86 bits per heavy atom. The molecule has 0 saturated carbocycles. The first-order chi connectivity index (χ1) is 14.2. The largest absolute Gasteiger partial charge is 0.473 e. The van der Waals surface area contributed by atoms with Gasteiger partial charge in [-0.2, -0.15) is 14.5 Å². The smallest absolute Gasteiger partial charge is 0.244 e. The molecule has 29 heavy (non-hydrogen) atoms. The summed E-state index contributed by atoms with van der Waals surface area (Å²) in [6.45, 7) is 3.87. The Bertz CT molecular complexity index is 1140. The molecule has 2 N–H and O–H groups in total. The molecule has 0 spiro atoms. The Morgan fingerprint density at radius 2 is 2.14 bits per heavy atom. The molecule has 5 heterocycles. The molecule has 1 saturated heterocycles. The van der Waals surface area contributed by atoms with E-state index in [1.807, 2.05) is 49.3 Å². The fourth-order valence-corrected chi connectivity index (χ4v) is 4.16. The number of aryl methyl sites for hydroxylation is 2. The van der Waals surface area contributed by atoms with Gasteiger partial charge in [0.15, 0.2) is 0 Å². The van der Waals surface area contributed by atoms with Crippen molar-refractivity contribution < 1.29 is 4.74 Å². The summed E-state index contributed by atoms with van der Waals surface area (Å²) in [5.74, 6) is 1.09. The topological polar surface area (TPSA) is 94.7 Å². The van der Waals surface area contributed by atoms with Crippen LogP contribution in [-0.2, 0) is 7.05 Å². The van der Waals surface area contributed by atoms with Gasteiger partial charge in [-0.1, -0.05) is 0 Å². The first-order valence-corrected chi connectivity index (χ1v) is 10.4. The zero-order chi connectivity index (χ0) is 19.8. The van der Waals surface area contributed by atoms with Crippen LogP contribution >= 0.6 is 11.5 Å². The molecule has 1 fully saturated rings. The highest BCUT2D eigenvalue weighted by Crippen LogP contribution is 2.31. The van der Waals surface area contributed by atoms with Gasteiger partial charge < -0.3 is 19.9 Å². The summed E-state index contributed by atoms with van der Waals surface area (Å²) in [6, 6.07) is 3.95. The SMILES string of the molecule is Cc1cc(Nc2nc(OC3CCNCC3)c3c(ccn3-c3cnn(C)c3)n2)sn1. The number of rotatable bonds is 5. The zero-order valence-corrected chi connectivity index (χ0v) is 17.1. The van der Waals surface area contributed by atoms with Crippen LogP contribution in [0.1, 0.15) is 18.5 Å². The molecule has 0 aromatic carbocycles. The maximum Gasteiger partial charge on any atom is 0.244 e. The van der Waals surface area contributed by atoms with Crippen LogP contribution < -0.4 is 15.4 Å². The van der Waals surface area contributed by atoms with Crippen molar-refractivity contribution in [3.63, 3.8) is 0 Å². The lowest BCUT2D eigenvalue weighted by Gasteiger charge is -2.24. The van der Waals surface area contributed by atoms with E-state index in [9.17, 15) is 0 Å². The first-order valence-electron chi connectivity index (χ1n) is 9.61. The highest BCUT2D eigenvalue weighted by atomic mass is 32.1. The highest BCUT2D eigenvalue weighted by molar-refractivity contribution is 7.10. The molecule has 1 aliphatic heterocycles. The van der Waals surface area contributed by atoms with Crippen LogP contribution in [0.4, 0.5) is 10.9 Å². The molecular weight excluding hydrogens is 388 g/mol. The second-order valence-electron chi connectivity index (χ2n) is 7.17. The van der Waals surface area contributed by atoms with Crippen LogP contribution in [0.5, 0.6) is 5.88 Å². The molecule has 4 aromatic heterocycles. The molecule has 4 aromatic rings. The summed E-state index contributed by atoms with van der Waals surface area (Å²) in [5, 5.41) is 11.8. The van der Waals surface area contributed by atoms with E-state index in [1.54, 1.807) is 4.68 Å². The summed E-state index contributed by atoms with van der Waals surface area (Å²) in [5.41, 5.74) is 3.58. The van der Waals surface area contributed by atoms with Gasteiger partial charge in [0, 0.05) is 19.4 Å². The molecule has 10 heteroatoms. The quantitative estimate of drug-likeness (QED) is 0.522. The Kier molecular flexibility index (Phi) is 4.64. The van der Waals surface area contributed by atoms with Crippen molar-refractivity contribution in [1.29, 1.82) is 0 Å². The molecule has 0 atom stereocenters. The van der Waals surface area contributed by atoms with Crippen molar-refractivity contribution in [2.45, 2.75) is 25.9 Å². The van der Waals surface area contributed by atoms with Gasteiger partial charge >= 0.3 is 0 Å². The van der Waals surface area contributed by atoms with Crippen molar-refractivity contribution in [3.05, 3.63) is 36.4 Å². The molecule has 0 aliphatic carbocycles. The van der Waals surface area contributed by atoms with E-state index in [0.29, 0.717) is 11.8 Å². The molecular formula is C19H22N8OS. The minimum atomic E-state index is 0.130. The summed E-state index contributed by atoms with van der Waals surface area (Å²) < 4.78 is 14.5. The van der Waals surface area contributed by atoms with Gasteiger partial charge in [0.05, 0.1) is 23.1 Å². The van der Waals surface area contributed by atoms with E-state index in [0.717, 1.165) is 53.3 Å². The van der Waals surface area contributed by atoms with E-state index >= 15 is 0 Å². The van der Waals surface area contributed by atoms with E-state index < -0.39 is 0 Å². The average Bonchev–Trinajstić information content (AvgIpc) is 3.43. The van der Waals surface area contributed by atoms with Gasteiger partial charge in [-0.15, -0.1) is 0 Å². The molecule has 0 amide bonds. The van der Waals surface area contributed by atoms with Gasteiger partial charge in [0.25, 0.3) is 0 Å². The molecule has 0 unspecified atom stereocenters. The van der Waals surface area contributed by atoms with Crippen LogP contribution in [-0.4, -0.2) is 47.9 Å². The lowest BCUT2D eigenvalue weighted by Crippen LogP contribution is -2.34. The predicted molar refractivity (Wildman–Crippen MR) is 112 cm³/mol. The number of ether oxygens (including phenoxy) is 1. The number of aromatic nitrogens is 6. The standard InChI is InChI=1S/C19H22N8OS/c1-12-9-16(29-25-12)23-19-22-15-5-8-27(13-10-21-26(2)11-13)17(15)18(24-19)28-14-3-6-20-7-4-14/h5,8-11,14,20H,3-4,6-7H2,1-2H3,(H,22,23,24). The Balaban J connectivity index is 1.58. The molecule has 9 nitrogen and oxygen atoms in total. The van der Waals surface area contributed by atoms with Crippen LogP contribution in [0.2, 0.25) is 0 Å². The monoisotopic (exact) mass is 410 g/mol. The number of piperidine rings is 1. The number of hydrogen-bond acceptors (Lipinski definition) is 8. The van der Waals surface area contributed by atoms with Crippen LogP contribution in [0.3, 0.4) is 0 Å². The number of hydrogen-bond donors (Lipinski definition) is 2. The Hall–Kier alpha value is -2.98. The Labute approximate surface area is 171 Å². The average molecular weight is 411 g/mol. The summed E-state index contributed by atoms with van der Waals surface area (Å²) in [7, 11) is 1.90. The van der Waals surface area contributed by atoms with Gasteiger partial charge in [-0.3, -0.25) is 4.68 Å². The highest BCUT2D eigenvalue weighted by Gasteiger charge is 2.21. The Morgan fingerprint density at radius 1 is 1.28 bits per heavy atom. The van der Waals surface area contributed by atoms with Crippen molar-refractivity contribution in [3.8, 4) is 11.6 Å². The lowest BCUT2D eigenvalue weighted by molar-refractivity contribution is 0.158. The molecule has 5 rings (SSSR count). The van der Waals surface area contributed by atoms with Crippen LogP contribution in [0.15, 0.2) is 30.7 Å². The van der Waals surface area contributed by atoms with Gasteiger partial charge in [-0.05, 0) is 56.5 Å². The first kappa shape index (κ1) is 18.1. The number of nitrogens with zero attached hydrogens (tertiary/aromatic N) is 6. The third-order valence-electron chi connectivity index (χ3n) is 4.90. The van der Waals surface area contributed by atoms with Crippen LogP contribution in [0.25, 0.3) is 16.7 Å². The second-order valence-corrected chi connectivity index (χ2v) is 7.97. The number of nitrogens with one attached hydrogen (secondary N) is 2.